The molecule has 0 bridgehead atoms. The van der Waals surface area contributed by atoms with Crippen LogP contribution in [0.25, 0.3) is 22.9 Å². The average molecular weight is 374 g/mol. The number of piperazine rings is 1. The fourth-order valence-corrected chi connectivity index (χ4v) is 3.70. The third-order valence-corrected chi connectivity index (χ3v) is 5.42. The topological polar surface area (TPSA) is 28.6 Å². The van der Waals surface area contributed by atoms with Crippen molar-refractivity contribution in [1.29, 1.82) is 0 Å². The Morgan fingerprint density at radius 3 is 2.43 bits per heavy atom. The fourth-order valence-electron chi connectivity index (χ4n) is 3.70. The lowest BCUT2D eigenvalue weighted by molar-refractivity contribution is 0.271. The Labute approximate surface area is 167 Å². The van der Waals surface area contributed by atoms with Gasteiger partial charge in [0.2, 0.25) is 0 Å². The van der Waals surface area contributed by atoms with E-state index < -0.39 is 0 Å². The number of pyridine rings is 1. The number of aromatic nitrogens is 1. The van der Waals surface area contributed by atoms with E-state index in [2.05, 4.69) is 71.3 Å². The number of anilines is 1. The summed E-state index contributed by atoms with van der Waals surface area (Å²) < 4.78 is 5.23. The van der Waals surface area contributed by atoms with E-state index in [0.717, 1.165) is 55.5 Å². The number of methoxy groups -OCH3 is 1. The van der Waals surface area contributed by atoms with E-state index in [1.54, 1.807) is 7.11 Å². The molecular formula is C24H27N3O. The van der Waals surface area contributed by atoms with Crippen molar-refractivity contribution >= 4 is 28.7 Å². The molecule has 0 aliphatic carbocycles. The highest BCUT2D eigenvalue weighted by molar-refractivity contribution is 5.94. The van der Waals surface area contributed by atoms with Crippen molar-refractivity contribution in [3.63, 3.8) is 0 Å². The number of hydrogen-bond donors (Lipinski definition) is 0. The first-order valence-electron chi connectivity index (χ1n) is 9.96. The van der Waals surface area contributed by atoms with E-state index in [0.29, 0.717) is 0 Å². The summed E-state index contributed by atoms with van der Waals surface area (Å²) in [5.74, 6) is 1.97. The number of benzene rings is 2. The second kappa shape index (κ2) is 8.44. The van der Waals surface area contributed by atoms with E-state index in [1.807, 2.05) is 12.1 Å². The summed E-state index contributed by atoms with van der Waals surface area (Å²) in [7, 11) is 1.69. The van der Waals surface area contributed by atoms with Crippen molar-refractivity contribution in [2.75, 3.05) is 44.7 Å². The highest BCUT2D eigenvalue weighted by atomic mass is 16.5. The molecule has 1 aromatic heterocycles. The van der Waals surface area contributed by atoms with Gasteiger partial charge >= 0.3 is 0 Å². The van der Waals surface area contributed by atoms with Crippen LogP contribution in [0.3, 0.4) is 0 Å². The molecule has 1 aliphatic rings. The maximum Gasteiger partial charge on any atom is 0.137 e. The molecule has 0 radical (unpaired) electrons. The predicted molar refractivity (Wildman–Crippen MR) is 118 cm³/mol. The van der Waals surface area contributed by atoms with Crippen LogP contribution >= 0.6 is 0 Å². The molecule has 2 heterocycles. The predicted octanol–water partition coefficient (Wildman–Crippen LogP) is 4.56. The SMILES string of the molecule is CCN1CCN(c2nc(C=Cc3ccc(OC)cc3)cc3ccccc23)CC1. The zero-order chi connectivity index (χ0) is 19.3. The van der Waals surface area contributed by atoms with Crippen LogP contribution in [0.15, 0.2) is 54.6 Å². The minimum Gasteiger partial charge on any atom is -0.497 e. The lowest BCUT2D eigenvalue weighted by Gasteiger charge is -2.35. The molecular weight excluding hydrogens is 346 g/mol. The average Bonchev–Trinajstić information content (AvgIpc) is 2.77. The van der Waals surface area contributed by atoms with Crippen LogP contribution in [-0.4, -0.2) is 49.7 Å². The molecule has 144 valence electrons. The molecule has 1 aliphatic heterocycles. The molecule has 0 amide bonds. The highest BCUT2D eigenvalue weighted by Crippen LogP contribution is 2.27. The molecule has 28 heavy (non-hydrogen) atoms. The molecule has 0 N–H and O–H groups in total. The smallest absolute Gasteiger partial charge is 0.137 e. The van der Waals surface area contributed by atoms with Crippen LogP contribution < -0.4 is 9.64 Å². The Morgan fingerprint density at radius 2 is 1.71 bits per heavy atom. The monoisotopic (exact) mass is 373 g/mol. The first-order chi connectivity index (χ1) is 13.8. The molecule has 0 atom stereocenters. The number of fused-ring (bicyclic) bond motifs is 1. The molecule has 0 unspecified atom stereocenters. The van der Waals surface area contributed by atoms with Crippen molar-refractivity contribution in [2.45, 2.75) is 6.92 Å². The molecule has 4 heteroatoms. The molecule has 0 spiro atoms. The van der Waals surface area contributed by atoms with Crippen LogP contribution in [0.1, 0.15) is 18.2 Å². The van der Waals surface area contributed by atoms with Gasteiger partial charge in [0.05, 0.1) is 12.8 Å². The quantitative estimate of drug-likeness (QED) is 0.656. The minimum absolute atomic E-state index is 0.870. The van der Waals surface area contributed by atoms with Gasteiger partial charge < -0.3 is 14.5 Å². The van der Waals surface area contributed by atoms with Gasteiger partial charge in [-0.25, -0.2) is 4.98 Å². The fraction of sp³-hybridized carbons (Fsp3) is 0.292. The van der Waals surface area contributed by atoms with Crippen molar-refractivity contribution in [2.24, 2.45) is 0 Å². The van der Waals surface area contributed by atoms with Crippen LogP contribution in [0.2, 0.25) is 0 Å². The molecule has 4 nitrogen and oxygen atoms in total. The summed E-state index contributed by atoms with van der Waals surface area (Å²) in [4.78, 5) is 9.94. The molecule has 4 rings (SSSR count). The van der Waals surface area contributed by atoms with Crippen LogP contribution in [0, 0.1) is 0 Å². The summed E-state index contributed by atoms with van der Waals surface area (Å²) in [6.07, 6.45) is 4.20. The molecule has 3 aromatic rings. The summed E-state index contributed by atoms with van der Waals surface area (Å²) in [6.45, 7) is 7.59. The second-order valence-corrected chi connectivity index (χ2v) is 7.12. The third kappa shape index (κ3) is 4.02. The maximum absolute atomic E-state index is 5.23. The summed E-state index contributed by atoms with van der Waals surface area (Å²) in [5, 5.41) is 2.47. The number of likely N-dealkylation sites (N-methyl/N-ethyl adjacent to an activating group) is 1. The Kier molecular flexibility index (Phi) is 5.58. The standard InChI is InChI=1S/C24H27N3O/c1-3-26-14-16-27(17-15-26)24-23-7-5-4-6-20(23)18-21(25-24)11-8-19-9-12-22(28-2)13-10-19/h4-13,18H,3,14-17H2,1-2H3. The van der Waals surface area contributed by atoms with E-state index in [4.69, 9.17) is 9.72 Å². The molecule has 1 fully saturated rings. The van der Waals surface area contributed by atoms with E-state index in [9.17, 15) is 0 Å². The highest BCUT2D eigenvalue weighted by Gasteiger charge is 2.19. The number of ether oxygens (including phenoxy) is 1. The summed E-state index contributed by atoms with van der Waals surface area (Å²) in [5.41, 5.74) is 2.12. The van der Waals surface area contributed by atoms with Gasteiger partial charge in [-0.1, -0.05) is 49.4 Å². The third-order valence-electron chi connectivity index (χ3n) is 5.42. The van der Waals surface area contributed by atoms with Gasteiger partial charge in [0.1, 0.15) is 11.6 Å². The first-order valence-corrected chi connectivity index (χ1v) is 9.96. The van der Waals surface area contributed by atoms with Gasteiger partial charge in [-0.15, -0.1) is 0 Å². The Balaban J connectivity index is 1.64. The first kappa shape index (κ1) is 18.5. The van der Waals surface area contributed by atoms with Crippen molar-refractivity contribution in [1.82, 2.24) is 9.88 Å². The number of hydrogen-bond acceptors (Lipinski definition) is 4. The number of nitrogens with zero attached hydrogens (tertiary/aromatic N) is 3. The summed E-state index contributed by atoms with van der Waals surface area (Å²) in [6, 6.07) is 18.8. The Hall–Kier alpha value is -2.85. The van der Waals surface area contributed by atoms with Gasteiger partial charge in [0, 0.05) is 31.6 Å². The second-order valence-electron chi connectivity index (χ2n) is 7.12. The van der Waals surface area contributed by atoms with Crippen molar-refractivity contribution < 1.29 is 4.74 Å². The van der Waals surface area contributed by atoms with Gasteiger partial charge in [0.15, 0.2) is 0 Å². The van der Waals surface area contributed by atoms with E-state index >= 15 is 0 Å². The zero-order valence-corrected chi connectivity index (χ0v) is 16.6. The molecule has 2 aromatic carbocycles. The number of rotatable bonds is 5. The van der Waals surface area contributed by atoms with Gasteiger partial charge in [-0.2, -0.15) is 0 Å². The normalized spacial score (nSPS) is 15.4. The molecule has 1 saturated heterocycles. The maximum atomic E-state index is 5.23. The van der Waals surface area contributed by atoms with Crippen LogP contribution in [0.4, 0.5) is 5.82 Å². The Bertz CT molecular complexity index is 957. The molecule has 0 saturated carbocycles. The Morgan fingerprint density at radius 1 is 0.964 bits per heavy atom. The lowest BCUT2D eigenvalue weighted by atomic mass is 10.1. The van der Waals surface area contributed by atoms with Crippen LogP contribution in [0.5, 0.6) is 5.75 Å². The van der Waals surface area contributed by atoms with Gasteiger partial charge in [-0.3, -0.25) is 0 Å². The zero-order valence-electron chi connectivity index (χ0n) is 16.6. The summed E-state index contributed by atoms with van der Waals surface area (Å²) >= 11 is 0. The van der Waals surface area contributed by atoms with Crippen molar-refractivity contribution in [3.05, 3.63) is 65.9 Å². The largest absolute Gasteiger partial charge is 0.497 e. The van der Waals surface area contributed by atoms with Crippen LogP contribution in [-0.2, 0) is 0 Å². The van der Waals surface area contributed by atoms with E-state index in [-0.39, 0.29) is 0 Å². The van der Waals surface area contributed by atoms with Crippen molar-refractivity contribution in [3.8, 4) is 5.75 Å². The van der Waals surface area contributed by atoms with E-state index in [1.165, 1.54) is 10.8 Å². The minimum atomic E-state index is 0.870. The lowest BCUT2D eigenvalue weighted by Crippen LogP contribution is -2.46. The van der Waals surface area contributed by atoms with Gasteiger partial charge in [-0.05, 0) is 41.8 Å². The van der Waals surface area contributed by atoms with Gasteiger partial charge in [0.25, 0.3) is 0 Å².